The highest BCUT2D eigenvalue weighted by Gasteiger charge is 2.19. The molecule has 0 bridgehead atoms. The lowest BCUT2D eigenvalue weighted by molar-refractivity contribution is -0.137. The van der Waals surface area contributed by atoms with E-state index in [2.05, 4.69) is 25.1 Å². The van der Waals surface area contributed by atoms with Crippen LogP contribution in [0.5, 0.6) is 0 Å². The minimum absolute atomic E-state index is 0.0433. The van der Waals surface area contributed by atoms with Gasteiger partial charge in [-0.1, -0.05) is 11.6 Å². The maximum atomic E-state index is 13.2. The van der Waals surface area contributed by atoms with E-state index in [0.717, 1.165) is 32.0 Å². The SMILES string of the molecule is O=C(O)CCN1CCN(c2cc(Nc3ccc(F)c(Cl)c3)ncn2)CC1. The Kier molecular flexibility index (Phi) is 5.85. The third-order valence-corrected chi connectivity index (χ3v) is 4.47. The molecule has 0 unspecified atom stereocenters. The standard InChI is InChI=1S/C17H19ClFN5O2/c18-13-9-12(1-2-14(13)19)22-15-10-16(21-11-20-15)24-7-5-23(6-8-24)4-3-17(25)26/h1-2,9-11H,3-8H2,(H,25,26)(H,20,21,22). The molecule has 1 aromatic heterocycles. The average Bonchev–Trinajstić information content (AvgIpc) is 2.64. The molecule has 0 saturated carbocycles. The summed E-state index contributed by atoms with van der Waals surface area (Å²) < 4.78 is 13.2. The molecular formula is C17H19ClFN5O2. The number of carboxylic acids is 1. The van der Waals surface area contributed by atoms with Gasteiger partial charge in [0.1, 0.15) is 23.8 Å². The van der Waals surface area contributed by atoms with E-state index in [9.17, 15) is 9.18 Å². The molecule has 3 rings (SSSR count). The molecule has 1 aromatic carbocycles. The number of hydrogen-bond donors (Lipinski definition) is 2. The topological polar surface area (TPSA) is 81.6 Å². The van der Waals surface area contributed by atoms with E-state index in [1.807, 2.05) is 6.07 Å². The molecule has 0 spiro atoms. The average molecular weight is 380 g/mol. The van der Waals surface area contributed by atoms with Crippen molar-refractivity contribution in [1.29, 1.82) is 0 Å². The highest BCUT2D eigenvalue weighted by Crippen LogP contribution is 2.23. The fraction of sp³-hybridized carbons (Fsp3) is 0.353. The first-order valence-electron chi connectivity index (χ1n) is 8.24. The molecule has 9 heteroatoms. The van der Waals surface area contributed by atoms with Crippen molar-refractivity contribution in [2.24, 2.45) is 0 Å². The minimum atomic E-state index is -0.778. The van der Waals surface area contributed by atoms with Crippen molar-refractivity contribution < 1.29 is 14.3 Å². The number of benzene rings is 1. The van der Waals surface area contributed by atoms with E-state index >= 15 is 0 Å². The second-order valence-corrected chi connectivity index (χ2v) is 6.39. The van der Waals surface area contributed by atoms with Crippen LogP contribution < -0.4 is 10.2 Å². The number of aromatic nitrogens is 2. The highest BCUT2D eigenvalue weighted by atomic mass is 35.5. The molecule has 26 heavy (non-hydrogen) atoms. The first-order chi connectivity index (χ1) is 12.5. The number of halogens is 2. The molecule has 1 aliphatic heterocycles. The van der Waals surface area contributed by atoms with Crippen LogP contribution in [0.15, 0.2) is 30.6 Å². The fourth-order valence-corrected chi connectivity index (χ4v) is 2.94. The summed E-state index contributed by atoms with van der Waals surface area (Å²) in [5, 5.41) is 11.9. The van der Waals surface area contributed by atoms with Gasteiger partial charge in [-0.05, 0) is 18.2 Å². The Morgan fingerprint density at radius 2 is 2.00 bits per heavy atom. The summed E-state index contributed by atoms with van der Waals surface area (Å²) >= 11 is 5.79. The molecule has 1 saturated heterocycles. The Bertz CT molecular complexity index is 783. The van der Waals surface area contributed by atoms with Crippen molar-refractivity contribution in [2.45, 2.75) is 6.42 Å². The second kappa shape index (κ2) is 8.29. The zero-order valence-electron chi connectivity index (χ0n) is 14.0. The van der Waals surface area contributed by atoms with Gasteiger partial charge in [0.2, 0.25) is 0 Å². The molecule has 7 nitrogen and oxygen atoms in total. The van der Waals surface area contributed by atoms with Gasteiger partial charge in [0.05, 0.1) is 11.4 Å². The van der Waals surface area contributed by atoms with Gasteiger partial charge in [0, 0.05) is 44.5 Å². The van der Waals surface area contributed by atoms with Gasteiger partial charge in [-0.25, -0.2) is 14.4 Å². The van der Waals surface area contributed by atoms with Gasteiger partial charge in [-0.3, -0.25) is 9.69 Å². The van der Waals surface area contributed by atoms with Crippen molar-refractivity contribution >= 4 is 34.9 Å². The van der Waals surface area contributed by atoms with Crippen LogP contribution in [0.3, 0.4) is 0 Å². The predicted molar refractivity (Wildman–Crippen MR) is 97.6 cm³/mol. The molecular weight excluding hydrogens is 361 g/mol. The van der Waals surface area contributed by atoms with Crippen LogP contribution in [0.1, 0.15) is 6.42 Å². The largest absolute Gasteiger partial charge is 0.481 e. The zero-order valence-corrected chi connectivity index (χ0v) is 14.8. The van der Waals surface area contributed by atoms with Gasteiger partial charge < -0.3 is 15.3 Å². The lowest BCUT2D eigenvalue weighted by Crippen LogP contribution is -2.47. The lowest BCUT2D eigenvalue weighted by Gasteiger charge is -2.35. The summed E-state index contributed by atoms with van der Waals surface area (Å²) in [6, 6.07) is 6.21. The number of rotatable bonds is 6. The number of carbonyl (C=O) groups is 1. The quantitative estimate of drug-likeness (QED) is 0.798. The molecule has 1 aliphatic rings. The van der Waals surface area contributed by atoms with Crippen LogP contribution in [0, 0.1) is 5.82 Å². The summed E-state index contributed by atoms with van der Waals surface area (Å²) in [7, 11) is 0. The van der Waals surface area contributed by atoms with Crippen LogP contribution in [0.25, 0.3) is 0 Å². The predicted octanol–water partition coefficient (Wildman–Crippen LogP) is 2.61. The summed E-state index contributed by atoms with van der Waals surface area (Å²) in [4.78, 5) is 23.4. The summed E-state index contributed by atoms with van der Waals surface area (Å²) in [5.74, 6) is 0.126. The number of aliphatic carboxylic acids is 1. The van der Waals surface area contributed by atoms with Gasteiger partial charge in [0.25, 0.3) is 0 Å². The van der Waals surface area contributed by atoms with Crippen LogP contribution >= 0.6 is 11.6 Å². The van der Waals surface area contributed by atoms with Crippen molar-refractivity contribution in [3.63, 3.8) is 0 Å². The van der Waals surface area contributed by atoms with Crippen molar-refractivity contribution in [3.8, 4) is 0 Å². The first-order valence-corrected chi connectivity index (χ1v) is 8.62. The smallest absolute Gasteiger partial charge is 0.304 e. The maximum absolute atomic E-state index is 13.2. The zero-order chi connectivity index (χ0) is 18.5. The third-order valence-electron chi connectivity index (χ3n) is 4.18. The molecule has 138 valence electrons. The first kappa shape index (κ1) is 18.3. The van der Waals surface area contributed by atoms with Crippen molar-refractivity contribution in [3.05, 3.63) is 41.4 Å². The Balaban J connectivity index is 1.61. The monoisotopic (exact) mass is 379 g/mol. The van der Waals surface area contributed by atoms with E-state index in [1.165, 1.54) is 18.5 Å². The Hall–Kier alpha value is -2.45. The van der Waals surface area contributed by atoms with Crippen LogP contribution in [-0.2, 0) is 4.79 Å². The van der Waals surface area contributed by atoms with E-state index in [0.29, 0.717) is 18.1 Å². The third kappa shape index (κ3) is 4.80. The summed E-state index contributed by atoms with van der Waals surface area (Å²) in [5.41, 5.74) is 0.638. The van der Waals surface area contributed by atoms with Gasteiger partial charge in [-0.2, -0.15) is 0 Å². The lowest BCUT2D eigenvalue weighted by atomic mass is 10.2. The summed E-state index contributed by atoms with van der Waals surface area (Å²) in [6.07, 6.45) is 1.63. The molecule has 2 aromatic rings. The van der Waals surface area contributed by atoms with Crippen LogP contribution in [-0.4, -0.2) is 58.7 Å². The van der Waals surface area contributed by atoms with E-state index in [-0.39, 0.29) is 11.4 Å². The number of hydrogen-bond acceptors (Lipinski definition) is 6. The van der Waals surface area contributed by atoms with E-state index < -0.39 is 11.8 Å². The van der Waals surface area contributed by atoms with Crippen LogP contribution in [0.2, 0.25) is 5.02 Å². The van der Waals surface area contributed by atoms with Gasteiger partial charge in [0.15, 0.2) is 0 Å². The fourth-order valence-electron chi connectivity index (χ4n) is 2.76. The highest BCUT2D eigenvalue weighted by molar-refractivity contribution is 6.31. The Morgan fingerprint density at radius 3 is 2.69 bits per heavy atom. The molecule has 0 aliphatic carbocycles. The number of anilines is 3. The van der Waals surface area contributed by atoms with Gasteiger partial charge in [-0.15, -0.1) is 0 Å². The van der Waals surface area contributed by atoms with Crippen molar-refractivity contribution in [2.75, 3.05) is 42.9 Å². The van der Waals surface area contributed by atoms with Gasteiger partial charge >= 0.3 is 5.97 Å². The second-order valence-electron chi connectivity index (χ2n) is 5.99. The minimum Gasteiger partial charge on any atom is -0.481 e. The maximum Gasteiger partial charge on any atom is 0.304 e. The molecule has 2 N–H and O–H groups in total. The molecule has 0 radical (unpaired) electrons. The molecule has 2 heterocycles. The Morgan fingerprint density at radius 1 is 1.23 bits per heavy atom. The normalized spacial score (nSPS) is 15.1. The number of nitrogens with one attached hydrogen (secondary N) is 1. The molecule has 0 amide bonds. The van der Waals surface area contributed by atoms with Crippen molar-refractivity contribution in [1.82, 2.24) is 14.9 Å². The molecule has 1 fully saturated rings. The summed E-state index contributed by atoms with van der Waals surface area (Å²) in [6.45, 7) is 3.66. The van der Waals surface area contributed by atoms with E-state index in [1.54, 1.807) is 6.07 Å². The molecule has 0 atom stereocenters. The number of nitrogens with zero attached hydrogens (tertiary/aromatic N) is 4. The number of carboxylic acid groups (broad SMARTS) is 1. The van der Waals surface area contributed by atoms with Crippen LogP contribution in [0.4, 0.5) is 21.7 Å². The Labute approximate surface area is 155 Å². The van der Waals surface area contributed by atoms with E-state index in [4.69, 9.17) is 16.7 Å². The number of piperazine rings is 1.